The lowest BCUT2D eigenvalue weighted by Crippen LogP contribution is -2.11. The van der Waals surface area contributed by atoms with E-state index >= 15 is 0 Å². The molecule has 0 aromatic heterocycles. The molecule has 1 aromatic rings. The minimum Gasteiger partial charge on any atom is -0.491 e. The van der Waals surface area contributed by atoms with Gasteiger partial charge in [0.05, 0.1) is 23.5 Å². The van der Waals surface area contributed by atoms with Gasteiger partial charge in [0, 0.05) is 12.1 Å². The van der Waals surface area contributed by atoms with E-state index in [-0.39, 0.29) is 17.1 Å². The van der Waals surface area contributed by atoms with Crippen molar-refractivity contribution in [3.63, 3.8) is 0 Å². The van der Waals surface area contributed by atoms with Crippen molar-refractivity contribution in [2.24, 2.45) is 0 Å². The molecule has 0 aliphatic carbocycles. The van der Waals surface area contributed by atoms with Gasteiger partial charge in [-0.2, -0.15) is 0 Å². The number of ether oxygens (including phenoxy) is 1. The van der Waals surface area contributed by atoms with Gasteiger partial charge in [0.1, 0.15) is 5.75 Å². The number of benzene rings is 1. The zero-order valence-electron chi connectivity index (χ0n) is 11.5. The third-order valence-corrected chi connectivity index (χ3v) is 3.07. The van der Waals surface area contributed by atoms with Crippen LogP contribution in [0.25, 0.3) is 0 Å². The van der Waals surface area contributed by atoms with Crippen LogP contribution in [0, 0.1) is 10.1 Å². The molecular formula is C12H18N2O5S. The van der Waals surface area contributed by atoms with Gasteiger partial charge in [-0.15, -0.1) is 0 Å². The number of nitrogens with one attached hydrogen (secondary N) is 1. The molecule has 20 heavy (non-hydrogen) atoms. The van der Waals surface area contributed by atoms with E-state index in [4.69, 9.17) is 4.74 Å². The topological polar surface area (TPSA) is 98.5 Å². The second-order valence-electron chi connectivity index (χ2n) is 4.37. The molecule has 0 amide bonds. The monoisotopic (exact) mass is 302 g/mol. The summed E-state index contributed by atoms with van der Waals surface area (Å²) in [5, 5.41) is 10.7. The maximum Gasteiger partial charge on any atom is 0.271 e. The fraction of sp³-hybridized carbons (Fsp3) is 0.500. The second kappa shape index (κ2) is 7.09. The molecule has 8 heteroatoms. The number of nitrogens with zero attached hydrogens (tertiary/aromatic N) is 1. The molecule has 1 N–H and O–H groups in total. The van der Waals surface area contributed by atoms with E-state index in [0.29, 0.717) is 6.61 Å². The van der Waals surface area contributed by atoms with Crippen LogP contribution in [0.3, 0.4) is 0 Å². The zero-order chi connectivity index (χ0) is 15.2. The fourth-order valence-corrected chi connectivity index (χ4v) is 2.13. The minimum atomic E-state index is -3.53. The Hall–Kier alpha value is -1.83. The molecule has 7 nitrogen and oxygen atoms in total. The maximum absolute atomic E-state index is 11.3. The molecule has 0 saturated carbocycles. The summed E-state index contributed by atoms with van der Waals surface area (Å²) in [4.78, 5) is 10.1. The highest BCUT2D eigenvalue weighted by Gasteiger charge is 2.14. The maximum atomic E-state index is 11.3. The van der Waals surface area contributed by atoms with Gasteiger partial charge >= 0.3 is 0 Å². The molecule has 0 aliphatic heterocycles. The third-order valence-electron chi connectivity index (χ3n) is 2.47. The van der Waals surface area contributed by atoms with Crippen molar-refractivity contribution in [2.75, 3.05) is 17.6 Å². The normalized spacial score (nSPS) is 11.1. The Morgan fingerprint density at radius 1 is 1.35 bits per heavy atom. The van der Waals surface area contributed by atoms with Crippen molar-refractivity contribution >= 4 is 21.4 Å². The lowest BCUT2D eigenvalue weighted by atomic mass is 10.2. The Labute approximate surface area is 118 Å². The van der Waals surface area contributed by atoms with Crippen molar-refractivity contribution in [3.8, 4) is 5.75 Å². The summed E-state index contributed by atoms with van der Waals surface area (Å²) in [6.07, 6.45) is 3.86. The lowest BCUT2D eigenvalue weighted by Gasteiger charge is -2.12. The first-order valence-electron chi connectivity index (χ1n) is 6.22. The standard InChI is InChI=1S/C12H18N2O5S/c1-3-4-5-8-19-12-7-6-10(14(15)16)9-11(12)13-20(2,17)18/h6-7,9,13H,3-5,8H2,1-2H3. The van der Waals surface area contributed by atoms with Crippen molar-refractivity contribution in [2.45, 2.75) is 26.2 Å². The summed E-state index contributed by atoms with van der Waals surface area (Å²) in [7, 11) is -3.53. The summed E-state index contributed by atoms with van der Waals surface area (Å²) in [6.45, 7) is 2.49. The van der Waals surface area contributed by atoms with Crippen molar-refractivity contribution in [1.82, 2.24) is 0 Å². The largest absolute Gasteiger partial charge is 0.491 e. The van der Waals surface area contributed by atoms with E-state index in [0.717, 1.165) is 31.6 Å². The quantitative estimate of drug-likeness (QED) is 0.452. The SMILES string of the molecule is CCCCCOc1ccc([N+](=O)[O-])cc1NS(C)(=O)=O. The lowest BCUT2D eigenvalue weighted by molar-refractivity contribution is -0.384. The van der Waals surface area contributed by atoms with Crippen LogP contribution in [0.5, 0.6) is 5.75 Å². The van der Waals surface area contributed by atoms with Crippen LogP contribution in [0.15, 0.2) is 18.2 Å². The predicted octanol–water partition coefficient (Wildman–Crippen LogP) is 2.54. The first-order chi connectivity index (χ1) is 9.33. The summed E-state index contributed by atoms with van der Waals surface area (Å²) in [5.41, 5.74) is -0.116. The summed E-state index contributed by atoms with van der Waals surface area (Å²) < 4.78 is 30.2. The molecule has 1 aromatic carbocycles. The van der Waals surface area contributed by atoms with Crippen LogP contribution in [-0.4, -0.2) is 26.2 Å². The van der Waals surface area contributed by atoms with Gasteiger partial charge in [-0.1, -0.05) is 19.8 Å². The van der Waals surface area contributed by atoms with Crippen molar-refractivity contribution in [1.29, 1.82) is 0 Å². The number of hydrogen-bond acceptors (Lipinski definition) is 5. The number of sulfonamides is 1. The van der Waals surface area contributed by atoms with E-state index in [1.54, 1.807) is 0 Å². The zero-order valence-corrected chi connectivity index (χ0v) is 12.3. The fourth-order valence-electron chi connectivity index (χ4n) is 1.57. The molecule has 0 spiro atoms. The Kier molecular flexibility index (Phi) is 5.75. The summed E-state index contributed by atoms with van der Waals surface area (Å²) in [5.74, 6) is 0.289. The highest BCUT2D eigenvalue weighted by Crippen LogP contribution is 2.30. The molecule has 0 radical (unpaired) electrons. The molecule has 0 fully saturated rings. The van der Waals surface area contributed by atoms with Crippen LogP contribution in [0.4, 0.5) is 11.4 Å². The van der Waals surface area contributed by atoms with E-state index in [2.05, 4.69) is 11.6 Å². The number of hydrogen-bond donors (Lipinski definition) is 1. The number of anilines is 1. The predicted molar refractivity (Wildman–Crippen MR) is 76.6 cm³/mol. The van der Waals surface area contributed by atoms with Crippen LogP contribution < -0.4 is 9.46 Å². The van der Waals surface area contributed by atoms with Gasteiger partial charge in [0.25, 0.3) is 5.69 Å². The van der Waals surface area contributed by atoms with Crippen LogP contribution in [-0.2, 0) is 10.0 Å². The molecule has 112 valence electrons. The van der Waals surface area contributed by atoms with Crippen molar-refractivity contribution in [3.05, 3.63) is 28.3 Å². The van der Waals surface area contributed by atoms with Gasteiger partial charge < -0.3 is 4.74 Å². The summed E-state index contributed by atoms with van der Waals surface area (Å²) >= 11 is 0. The third kappa shape index (κ3) is 5.43. The molecule has 0 heterocycles. The molecule has 0 aliphatic rings. The van der Waals surface area contributed by atoms with E-state index in [9.17, 15) is 18.5 Å². The first-order valence-corrected chi connectivity index (χ1v) is 8.11. The van der Waals surface area contributed by atoms with Gasteiger partial charge in [0.2, 0.25) is 10.0 Å². The van der Waals surface area contributed by atoms with Crippen LogP contribution in [0.2, 0.25) is 0 Å². The van der Waals surface area contributed by atoms with E-state index in [1.165, 1.54) is 12.1 Å². The smallest absolute Gasteiger partial charge is 0.271 e. The average molecular weight is 302 g/mol. The number of rotatable bonds is 8. The van der Waals surface area contributed by atoms with Crippen molar-refractivity contribution < 1.29 is 18.1 Å². The Morgan fingerprint density at radius 3 is 2.60 bits per heavy atom. The molecule has 1 rings (SSSR count). The van der Waals surface area contributed by atoms with Crippen LogP contribution in [0.1, 0.15) is 26.2 Å². The Morgan fingerprint density at radius 2 is 2.05 bits per heavy atom. The number of nitro benzene ring substituents is 1. The highest BCUT2D eigenvalue weighted by atomic mass is 32.2. The number of unbranched alkanes of at least 4 members (excludes halogenated alkanes) is 2. The Balaban J connectivity index is 2.93. The minimum absolute atomic E-state index is 0.0817. The number of non-ortho nitro benzene ring substituents is 1. The van der Waals surface area contributed by atoms with Gasteiger partial charge in [-0.3, -0.25) is 14.8 Å². The van der Waals surface area contributed by atoms with Gasteiger partial charge in [-0.05, 0) is 12.5 Å². The molecule has 0 bridgehead atoms. The molecule has 0 saturated heterocycles. The first kappa shape index (κ1) is 16.2. The number of nitro groups is 1. The molecule has 0 unspecified atom stereocenters. The van der Waals surface area contributed by atoms with E-state index < -0.39 is 14.9 Å². The van der Waals surface area contributed by atoms with Crippen LogP contribution >= 0.6 is 0 Å². The molecule has 0 atom stereocenters. The molecular weight excluding hydrogens is 284 g/mol. The average Bonchev–Trinajstić information content (AvgIpc) is 2.34. The summed E-state index contributed by atoms with van der Waals surface area (Å²) in [6, 6.07) is 3.83. The second-order valence-corrected chi connectivity index (χ2v) is 6.12. The van der Waals surface area contributed by atoms with Gasteiger partial charge in [-0.25, -0.2) is 8.42 Å². The van der Waals surface area contributed by atoms with Gasteiger partial charge in [0.15, 0.2) is 0 Å². The highest BCUT2D eigenvalue weighted by molar-refractivity contribution is 7.92. The van der Waals surface area contributed by atoms with E-state index in [1.807, 2.05) is 0 Å². The Bertz CT molecular complexity index is 571.